The standard InChI is InChI=1S/C23H21FINO2/c1-3-27-22-13-18(14-26-20-10-4-16(2)5-11-20)12-21(25)23(22)28-15-17-6-8-19(24)9-7-17/h4-14H,3,15H2,1-2H3. The van der Waals surface area contributed by atoms with Crippen LogP contribution < -0.4 is 9.47 Å². The Morgan fingerprint density at radius 2 is 1.71 bits per heavy atom. The number of rotatable bonds is 7. The topological polar surface area (TPSA) is 30.8 Å². The molecule has 0 saturated carbocycles. The summed E-state index contributed by atoms with van der Waals surface area (Å²) in [5.74, 6) is 1.09. The fourth-order valence-corrected chi connectivity index (χ4v) is 3.36. The Labute approximate surface area is 178 Å². The lowest BCUT2D eigenvalue weighted by atomic mass is 10.2. The first-order chi connectivity index (χ1) is 13.5. The number of hydrogen-bond donors (Lipinski definition) is 0. The highest BCUT2D eigenvalue weighted by atomic mass is 127. The highest BCUT2D eigenvalue weighted by Crippen LogP contribution is 2.34. The lowest BCUT2D eigenvalue weighted by molar-refractivity contribution is 0.267. The van der Waals surface area contributed by atoms with Crippen LogP contribution in [-0.2, 0) is 6.61 Å². The van der Waals surface area contributed by atoms with E-state index in [0.717, 1.165) is 20.4 Å². The number of aliphatic imine (C=N–C) groups is 1. The van der Waals surface area contributed by atoms with E-state index in [2.05, 4.69) is 34.5 Å². The monoisotopic (exact) mass is 489 g/mol. The van der Waals surface area contributed by atoms with Gasteiger partial charge in [0.2, 0.25) is 0 Å². The van der Waals surface area contributed by atoms with Crippen LogP contribution in [0.25, 0.3) is 0 Å². The normalized spacial score (nSPS) is 11.0. The fraction of sp³-hybridized carbons (Fsp3) is 0.174. The third-order valence-electron chi connectivity index (χ3n) is 4.02. The van der Waals surface area contributed by atoms with Crippen molar-refractivity contribution >= 4 is 34.5 Å². The average Bonchev–Trinajstić information content (AvgIpc) is 2.68. The second kappa shape index (κ2) is 9.68. The van der Waals surface area contributed by atoms with Crippen LogP contribution in [0.3, 0.4) is 0 Å². The zero-order valence-electron chi connectivity index (χ0n) is 15.8. The molecule has 0 unspecified atom stereocenters. The molecule has 0 bridgehead atoms. The lowest BCUT2D eigenvalue weighted by Crippen LogP contribution is -2.02. The minimum atomic E-state index is -0.259. The quantitative estimate of drug-likeness (QED) is 0.282. The molecule has 5 heteroatoms. The maximum absolute atomic E-state index is 13.1. The largest absolute Gasteiger partial charge is 0.490 e. The molecule has 0 saturated heterocycles. The molecule has 0 radical (unpaired) electrons. The van der Waals surface area contributed by atoms with Gasteiger partial charge in [-0.2, -0.15) is 0 Å². The predicted molar refractivity (Wildman–Crippen MR) is 119 cm³/mol. The van der Waals surface area contributed by atoms with Crippen LogP contribution >= 0.6 is 22.6 Å². The minimum absolute atomic E-state index is 0.259. The van der Waals surface area contributed by atoms with Gasteiger partial charge in [0, 0.05) is 6.21 Å². The van der Waals surface area contributed by atoms with E-state index in [1.807, 2.05) is 49.5 Å². The van der Waals surface area contributed by atoms with E-state index < -0.39 is 0 Å². The number of ether oxygens (including phenoxy) is 2. The summed E-state index contributed by atoms with van der Waals surface area (Å²) in [6.45, 7) is 4.85. The molecule has 0 amide bonds. The third-order valence-corrected chi connectivity index (χ3v) is 4.83. The van der Waals surface area contributed by atoms with Gasteiger partial charge in [0.05, 0.1) is 15.9 Å². The SMILES string of the molecule is CCOc1cc(C=Nc2ccc(C)cc2)cc(I)c1OCc1ccc(F)cc1. The smallest absolute Gasteiger partial charge is 0.175 e. The first kappa shape index (κ1) is 20.3. The van der Waals surface area contributed by atoms with Gasteiger partial charge in [-0.05, 0) is 84.0 Å². The molecule has 0 aliphatic heterocycles. The Bertz CT molecular complexity index is 954. The second-order valence-corrected chi connectivity index (χ2v) is 7.43. The lowest BCUT2D eigenvalue weighted by Gasteiger charge is -2.14. The summed E-state index contributed by atoms with van der Waals surface area (Å²) in [5.41, 5.74) is 3.93. The summed E-state index contributed by atoms with van der Waals surface area (Å²) >= 11 is 2.23. The Balaban J connectivity index is 1.80. The van der Waals surface area contributed by atoms with Gasteiger partial charge in [0.15, 0.2) is 11.5 Å². The molecule has 0 spiro atoms. The van der Waals surface area contributed by atoms with Crippen molar-refractivity contribution in [2.45, 2.75) is 20.5 Å². The number of nitrogens with zero attached hydrogens (tertiary/aromatic N) is 1. The molecule has 3 rings (SSSR count). The summed E-state index contributed by atoms with van der Waals surface area (Å²) in [6, 6.07) is 18.2. The molecule has 3 nitrogen and oxygen atoms in total. The van der Waals surface area contributed by atoms with Crippen LogP contribution in [-0.4, -0.2) is 12.8 Å². The molecular formula is C23H21FINO2. The average molecular weight is 489 g/mol. The van der Waals surface area contributed by atoms with E-state index in [1.54, 1.807) is 12.1 Å². The zero-order chi connectivity index (χ0) is 19.9. The van der Waals surface area contributed by atoms with Crippen molar-refractivity contribution < 1.29 is 13.9 Å². The van der Waals surface area contributed by atoms with E-state index in [0.29, 0.717) is 24.7 Å². The third kappa shape index (κ3) is 5.55. The van der Waals surface area contributed by atoms with Crippen LogP contribution in [0.5, 0.6) is 11.5 Å². The molecule has 0 heterocycles. The summed E-state index contributed by atoms with van der Waals surface area (Å²) in [7, 11) is 0. The van der Waals surface area contributed by atoms with E-state index in [4.69, 9.17) is 9.47 Å². The molecule has 0 fully saturated rings. The van der Waals surface area contributed by atoms with Crippen molar-refractivity contribution in [3.05, 3.63) is 86.7 Å². The first-order valence-corrected chi connectivity index (χ1v) is 10.1. The van der Waals surface area contributed by atoms with Gasteiger partial charge in [0.1, 0.15) is 12.4 Å². The Hall–Kier alpha value is -2.41. The second-order valence-electron chi connectivity index (χ2n) is 6.27. The van der Waals surface area contributed by atoms with Crippen molar-refractivity contribution in [1.29, 1.82) is 0 Å². The van der Waals surface area contributed by atoms with Crippen molar-refractivity contribution in [3.8, 4) is 11.5 Å². The van der Waals surface area contributed by atoms with Gasteiger partial charge in [0.25, 0.3) is 0 Å². The van der Waals surface area contributed by atoms with Crippen LogP contribution in [0.15, 0.2) is 65.7 Å². The summed E-state index contributed by atoms with van der Waals surface area (Å²) in [5, 5.41) is 0. The van der Waals surface area contributed by atoms with E-state index in [1.165, 1.54) is 17.7 Å². The van der Waals surface area contributed by atoms with Crippen LogP contribution in [0.4, 0.5) is 10.1 Å². The molecule has 0 aliphatic rings. The van der Waals surface area contributed by atoms with Crippen LogP contribution in [0.2, 0.25) is 0 Å². The molecule has 0 aliphatic carbocycles. The summed E-state index contributed by atoms with van der Waals surface area (Å²) in [6.07, 6.45) is 1.82. The van der Waals surface area contributed by atoms with Crippen LogP contribution in [0, 0.1) is 16.3 Å². The highest BCUT2D eigenvalue weighted by molar-refractivity contribution is 14.1. The maximum atomic E-state index is 13.1. The minimum Gasteiger partial charge on any atom is -0.490 e. The first-order valence-electron chi connectivity index (χ1n) is 8.99. The van der Waals surface area contributed by atoms with Crippen molar-refractivity contribution in [2.24, 2.45) is 4.99 Å². The van der Waals surface area contributed by atoms with Gasteiger partial charge in [-0.3, -0.25) is 4.99 Å². The molecule has 0 atom stereocenters. The predicted octanol–water partition coefficient (Wildman–Crippen LogP) is 6.47. The Morgan fingerprint density at radius 3 is 2.39 bits per heavy atom. The van der Waals surface area contributed by atoms with E-state index >= 15 is 0 Å². The van der Waals surface area contributed by atoms with Gasteiger partial charge in [-0.25, -0.2) is 4.39 Å². The molecule has 3 aromatic rings. The van der Waals surface area contributed by atoms with Crippen molar-refractivity contribution in [3.63, 3.8) is 0 Å². The number of hydrogen-bond acceptors (Lipinski definition) is 3. The molecular weight excluding hydrogens is 468 g/mol. The molecule has 3 aromatic carbocycles. The number of aryl methyl sites for hydroxylation is 1. The van der Waals surface area contributed by atoms with Gasteiger partial charge in [-0.15, -0.1) is 0 Å². The molecule has 0 aromatic heterocycles. The maximum Gasteiger partial charge on any atom is 0.175 e. The highest BCUT2D eigenvalue weighted by Gasteiger charge is 2.12. The summed E-state index contributed by atoms with van der Waals surface area (Å²) in [4.78, 5) is 4.53. The van der Waals surface area contributed by atoms with Gasteiger partial charge >= 0.3 is 0 Å². The van der Waals surface area contributed by atoms with Gasteiger partial charge < -0.3 is 9.47 Å². The number of halogens is 2. The zero-order valence-corrected chi connectivity index (χ0v) is 17.9. The van der Waals surface area contributed by atoms with Gasteiger partial charge in [-0.1, -0.05) is 29.8 Å². The van der Waals surface area contributed by atoms with Crippen LogP contribution in [0.1, 0.15) is 23.6 Å². The summed E-state index contributed by atoms with van der Waals surface area (Å²) < 4.78 is 25.8. The molecule has 0 N–H and O–H groups in total. The van der Waals surface area contributed by atoms with Crippen molar-refractivity contribution in [1.82, 2.24) is 0 Å². The fourth-order valence-electron chi connectivity index (χ4n) is 2.58. The number of benzene rings is 3. The Kier molecular flexibility index (Phi) is 7.03. The van der Waals surface area contributed by atoms with Crippen molar-refractivity contribution in [2.75, 3.05) is 6.61 Å². The van der Waals surface area contributed by atoms with E-state index in [-0.39, 0.29) is 5.82 Å². The molecule has 28 heavy (non-hydrogen) atoms. The van der Waals surface area contributed by atoms with E-state index in [9.17, 15) is 4.39 Å². The Morgan fingerprint density at radius 1 is 1.00 bits per heavy atom. The molecule has 144 valence electrons.